The first-order chi connectivity index (χ1) is 9.76. The highest BCUT2D eigenvalue weighted by atomic mass is 16.5. The van der Waals surface area contributed by atoms with Crippen LogP contribution < -0.4 is 10.5 Å². The van der Waals surface area contributed by atoms with Crippen molar-refractivity contribution in [3.05, 3.63) is 23.9 Å². The van der Waals surface area contributed by atoms with E-state index in [2.05, 4.69) is 29.8 Å². The molecule has 0 radical (unpaired) electrons. The summed E-state index contributed by atoms with van der Waals surface area (Å²) in [5.74, 6) is 0.651. The van der Waals surface area contributed by atoms with Gasteiger partial charge in [-0.25, -0.2) is 4.98 Å². The number of ether oxygens (including phenoxy) is 1. The summed E-state index contributed by atoms with van der Waals surface area (Å²) in [6.45, 7) is 7.28. The monoisotopic (exact) mass is 279 g/mol. The minimum atomic E-state index is 0.256. The van der Waals surface area contributed by atoms with Gasteiger partial charge in [0.05, 0.1) is 7.11 Å². The van der Waals surface area contributed by atoms with Crippen LogP contribution in [-0.4, -0.2) is 36.6 Å². The number of rotatable bonds is 10. The molecule has 0 saturated carbocycles. The van der Waals surface area contributed by atoms with E-state index in [0.717, 1.165) is 13.1 Å². The highest BCUT2D eigenvalue weighted by molar-refractivity contribution is 5.21. The summed E-state index contributed by atoms with van der Waals surface area (Å²) >= 11 is 0. The average Bonchev–Trinajstić information content (AvgIpc) is 2.50. The molecule has 2 N–H and O–H groups in total. The zero-order valence-electron chi connectivity index (χ0n) is 13.1. The Balaban J connectivity index is 2.80. The SMILES string of the molecule is CCCCN(CCCC)C(CN)c1ccc(OC)nc1. The second kappa shape index (κ2) is 9.72. The maximum Gasteiger partial charge on any atom is 0.212 e. The maximum absolute atomic E-state index is 6.02. The fourth-order valence-corrected chi connectivity index (χ4v) is 2.35. The first-order valence-electron chi connectivity index (χ1n) is 7.70. The normalized spacial score (nSPS) is 12.7. The number of methoxy groups -OCH3 is 1. The summed E-state index contributed by atoms with van der Waals surface area (Å²) in [6.07, 6.45) is 6.73. The lowest BCUT2D eigenvalue weighted by atomic mass is 10.1. The lowest BCUT2D eigenvalue weighted by molar-refractivity contribution is 0.195. The first kappa shape index (κ1) is 16.9. The van der Waals surface area contributed by atoms with E-state index in [1.54, 1.807) is 7.11 Å². The fourth-order valence-electron chi connectivity index (χ4n) is 2.35. The second-order valence-corrected chi connectivity index (χ2v) is 5.13. The Morgan fingerprint density at radius 1 is 1.20 bits per heavy atom. The second-order valence-electron chi connectivity index (χ2n) is 5.13. The predicted molar refractivity (Wildman–Crippen MR) is 84.0 cm³/mol. The maximum atomic E-state index is 6.02. The lowest BCUT2D eigenvalue weighted by Crippen LogP contribution is -2.35. The zero-order valence-corrected chi connectivity index (χ0v) is 13.1. The molecule has 0 aliphatic carbocycles. The molecule has 0 fully saturated rings. The third-order valence-corrected chi connectivity index (χ3v) is 3.61. The third-order valence-electron chi connectivity index (χ3n) is 3.61. The van der Waals surface area contributed by atoms with Crippen molar-refractivity contribution in [3.8, 4) is 5.88 Å². The summed E-state index contributed by atoms with van der Waals surface area (Å²) in [4.78, 5) is 6.80. The van der Waals surface area contributed by atoms with E-state index in [4.69, 9.17) is 10.5 Å². The van der Waals surface area contributed by atoms with Crippen LogP contribution >= 0.6 is 0 Å². The predicted octanol–water partition coefficient (Wildman–Crippen LogP) is 2.99. The van der Waals surface area contributed by atoms with Gasteiger partial charge in [-0.05, 0) is 31.5 Å². The molecule has 1 heterocycles. The van der Waals surface area contributed by atoms with E-state index in [1.807, 2.05) is 12.3 Å². The summed E-state index contributed by atoms with van der Waals surface area (Å²) in [5.41, 5.74) is 7.20. The summed E-state index contributed by atoms with van der Waals surface area (Å²) in [7, 11) is 1.64. The Morgan fingerprint density at radius 3 is 2.25 bits per heavy atom. The first-order valence-corrected chi connectivity index (χ1v) is 7.70. The molecule has 0 aliphatic rings. The standard InChI is InChI=1S/C16H29N3O/c1-4-6-10-19(11-7-5-2)15(12-17)14-8-9-16(20-3)18-13-14/h8-9,13,15H,4-7,10-12,17H2,1-3H3. The van der Waals surface area contributed by atoms with Gasteiger partial charge in [0, 0.05) is 24.8 Å². The van der Waals surface area contributed by atoms with Gasteiger partial charge < -0.3 is 10.5 Å². The lowest BCUT2D eigenvalue weighted by Gasteiger charge is -2.31. The Labute approximate surface area is 123 Å². The van der Waals surface area contributed by atoms with Crippen molar-refractivity contribution >= 4 is 0 Å². The van der Waals surface area contributed by atoms with Crippen LogP contribution in [0.1, 0.15) is 51.1 Å². The Kier molecular flexibility index (Phi) is 8.23. The minimum absolute atomic E-state index is 0.256. The van der Waals surface area contributed by atoms with Gasteiger partial charge in [0.1, 0.15) is 0 Å². The van der Waals surface area contributed by atoms with E-state index in [1.165, 1.54) is 31.2 Å². The number of nitrogens with zero attached hydrogens (tertiary/aromatic N) is 2. The molecular formula is C16H29N3O. The molecule has 0 saturated heterocycles. The van der Waals surface area contributed by atoms with Gasteiger partial charge >= 0.3 is 0 Å². The van der Waals surface area contributed by atoms with Crippen molar-refractivity contribution < 1.29 is 4.74 Å². The van der Waals surface area contributed by atoms with E-state index in [0.29, 0.717) is 12.4 Å². The van der Waals surface area contributed by atoms with Crippen molar-refractivity contribution in [2.24, 2.45) is 5.73 Å². The van der Waals surface area contributed by atoms with E-state index < -0.39 is 0 Å². The summed E-state index contributed by atoms with van der Waals surface area (Å²) in [6, 6.07) is 4.25. The van der Waals surface area contributed by atoms with Crippen LogP contribution in [-0.2, 0) is 0 Å². The van der Waals surface area contributed by atoms with Crippen LogP contribution in [0.2, 0.25) is 0 Å². The molecule has 1 aromatic rings. The molecular weight excluding hydrogens is 250 g/mol. The molecule has 4 heteroatoms. The molecule has 1 aromatic heterocycles. The molecule has 4 nitrogen and oxygen atoms in total. The van der Waals surface area contributed by atoms with Crippen molar-refractivity contribution in [1.29, 1.82) is 0 Å². The number of hydrogen-bond acceptors (Lipinski definition) is 4. The molecule has 1 rings (SSSR count). The summed E-state index contributed by atoms with van der Waals surface area (Å²) < 4.78 is 5.12. The van der Waals surface area contributed by atoms with Gasteiger partial charge in [-0.15, -0.1) is 0 Å². The van der Waals surface area contributed by atoms with Crippen molar-refractivity contribution in [2.45, 2.75) is 45.6 Å². The van der Waals surface area contributed by atoms with Crippen LogP contribution in [0.25, 0.3) is 0 Å². The molecule has 0 spiro atoms. The highest BCUT2D eigenvalue weighted by Crippen LogP contribution is 2.21. The molecule has 0 amide bonds. The van der Waals surface area contributed by atoms with Crippen molar-refractivity contribution in [3.63, 3.8) is 0 Å². The Morgan fingerprint density at radius 2 is 1.85 bits per heavy atom. The Bertz CT molecular complexity index is 345. The van der Waals surface area contributed by atoms with Crippen LogP contribution in [0.15, 0.2) is 18.3 Å². The quantitative estimate of drug-likeness (QED) is 0.715. The molecule has 1 unspecified atom stereocenters. The summed E-state index contributed by atoms with van der Waals surface area (Å²) in [5, 5.41) is 0. The number of unbranched alkanes of at least 4 members (excludes halogenated alkanes) is 2. The molecule has 114 valence electrons. The number of aromatic nitrogens is 1. The van der Waals surface area contributed by atoms with Gasteiger partial charge in [-0.2, -0.15) is 0 Å². The number of nitrogens with two attached hydrogens (primary N) is 1. The smallest absolute Gasteiger partial charge is 0.212 e. The average molecular weight is 279 g/mol. The van der Waals surface area contributed by atoms with E-state index >= 15 is 0 Å². The van der Waals surface area contributed by atoms with Gasteiger partial charge in [0.15, 0.2) is 0 Å². The Hall–Kier alpha value is -1.13. The zero-order chi connectivity index (χ0) is 14.8. The third kappa shape index (κ3) is 5.10. The van der Waals surface area contributed by atoms with Crippen LogP contribution in [0, 0.1) is 0 Å². The van der Waals surface area contributed by atoms with E-state index in [-0.39, 0.29) is 6.04 Å². The molecule has 0 aromatic carbocycles. The highest BCUT2D eigenvalue weighted by Gasteiger charge is 2.18. The van der Waals surface area contributed by atoms with Gasteiger partial charge in [-0.1, -0.05) is 32.8 Å². The fraction of sp³-hybridized carbons (Fsp3) is 0.688. The number of pyridine rings is 1. The molecule has 0 bridgehead atoms. The van der Waals surface area contributed by atoms with Crippen molar-refractivity contribution in [1.82, 2.24) is 9.88 Å². The largest absolute Gasteiger partial charge is 0.481 e. The minimum Gasteiger partial charge on any atom is -0.481 e. The van der Waals surface area contributed by atoms with Crippen LogP contribution in [0.4, 0.5) is 0 Å². The van der Waals surface area contributed by atoms with E-state index in [9.17, 15) is 0 Å². The van der Waals surface area contributed by atoms with Crippen molar-refractivity contribution in [2.75, 3.05) is 26.7 Å². The van der Waals surface area contributed by atoms with Crippen LogP contribution in [0.3, 0.4) is 0 Å². The van der Waals surface area contributed by atoms with Crippen LogP contribution in [0.5, 0.6) is 5.88 Å². The molecule has 20 heavy (non-hydrogen) atoms. The number of hydrogen-bond donors (Lipinski definition) is 1. The molecule has 0 aliphatic heterocycles. The van der Waals surface area contributed by atoms with Gasteiger partial charge in [0.25, 0.3) is 0 Å². The topological polar surface area (TPSA) is 51.4 Å². The van der Waals surface area contributed by atoms with Gasteiger partial charge in [-0.3, -0.25) is 4.90 Å². The molecule has 1 atom stereocenters. The van der Waals surface area contributed by atoms with Gasteiger partial charge in [0.2, 0.25) is 5.88 Å².